The molecule has 0 radical (unpaired) electrons. The SMILES string of the molecule is CBP(O)OCC1CCC(n2cnc3c(N)ncnc32)O1. The lowest BCUT2D eigenvalue weighted by atomic mass is 10.2. The number of fused-ring (bicyclic) bond motifs is 1. The molecule has 8 nitrogen and oxygen atoms in total. The highest BCUT2D eigenvalue weighted by molar-refractivity contribution is 7.77. The molecule has 10 heteroatoms. The average molecular weight is 309 g/mol. The Morgan fingerprint density at radius 1 is 1.52 bits per heavy atom. The molecule has 0 bridgehead atoms. The van der Waals surface area contributed by atoms with Crippen LogP contribution in [-0.2, 0) is 9.26 Å². The Morgan fingerprint density at radius 3 is 3.19 bits per heavy atom. The van der Waals surface area contributed by atoms with Gasteiger partial charge in [-0.2, -0.15) is 0 Å². The molecule has 1 aliphatic rings. The van der Waals surface area contributed by atoms with Crippen molar-refractivity contribution in [3.63, 3.8) is 0 Å². The first-order valence-corrected chi connectivity index (χ1v) is 8.26. The zero-order valence-electron chi connectivity index (χ0n) is 11.7. The van der Waals surface area contributed by atoms with Crippen LogP contribution in [-0.4, -0.2) is 44.1 Å². The van der Waals surface area contributed by atoms with Gasteiger partial charge in [0.2, 0.25) is 7.00 Å². The van der Waals surface area contributed by atoms with Crippen LogP contribution in [0.25, 0.3) is 11.2 Å². The minimum atomic E-state index is -1.32. The molecule has 0 aromatic carbocycles. The molecule has 1 fully saturated rings. The van der Waals surface area contributed by atoms with Crippen molar-refractivity contribution in [1.29, 1.82) is 0 Å². The van der Waals surface area contributed by atoms with Gasteiger partial charge in [0.25, 0.3) is 0 Å². The fourth-order valence-electron chi connectivity index (χ4n) is 2.36. The van der Waals surface area contributed by atoms with E-state index < -0.39 is 8.25 Å². The number of rotatable bonds is 5. The van der Waals surface area contributed by atoms with Crippen LogP contribution >= 0.6 is 8.25 Å². The molecule has 3 unspecified atom stereocenters. The van der Waals surface area contributed by atoms with E-state index in [0.29, 0.717) is 30.6 Å². The van der Waals surface area contributed by atoms with E-state index in [1.54, 1.807) is 6.33 Å². The summed E-state index contributed by atoms with van der Waals surface area (Å²) in [6.45, 7) is 2.94. The summed E-state index contributed by atoms with van der Waals surface area (Å²) in [5.74, 6) is 0.366. The monoisotopic (exact) mass is 309 g/mol. The molecule has 0 spiro atoms. The third-order valence-corrected chi connectivity index (χ3v) is 4.45. The molecule has 3 atom stereocenters. The van der Waals surface area contributed by atoms with Gasteiger partial charge < -0.3 is 19.9 Å². The van der Waals surface area contributed by atoms with Crippen LogP contribution in [0.5, 0.6) is 0 Å². The summed E-state index contributed by atoms with van der Waals surface area (Å²) >= 11 is 0. The van der Waals surface area contributed by atoms with Gasteiger partial charge in [0.15, 0.2) is 11.5 Å². The Labute approximate surface area is 123 Å². The van der Waals surface area contributed by atoms with E-state index in [4.69, 9.17) is 15.0 Å². The Bertz CT molecular complexity index is 627. The van der Waals surface area contributed by atoms with Crippen LogP contribution in [0.2, 0.25) is 6.82 Å². The van der Waals surface area contributed by atoms with Gasteiger partial charge in [-0.25, -0.2) is 15.0 Å². The molecule has 21 heavy (non-hydrogen) atoms. The van der Waals surface area contributed by atoms with E-state index in [1.165, 1.54) is 6.33 Å². The Morgan fingerprint density at radius 2 is 2.38 bits per heavy atom. The van der Waals surface area contributed by atoms with E-state index >= 15 is 0 Å². The number of hydrogen-bond acceptors (Lipinski definition) is 7. The first kappa shape index (κ1) is 14.7. The van der Waals surface area contributed by atoms with Crippen LogP contribution < -0.4 is 5.73 Å². The summed E-state index contributed by atoms with van der Waals surface area (Å²) in [6.07, 6.45) is 4.66. The second-order valence-electron chi connectivity index (χ2n) is 4.84. The van der Waals surface area contributed by atoms with Crippen LogP contribution in [0.4, 0.5) is 5.82 Å². The molecule has 2 aromatic heterocycles. The lowest BCUT2D eigenvalue weighted by Gasteiger charge is -2.16. The van der Waals surface area contributed by atoms with Crippen molar-refractivity contribution in [2.24, 2.45) is 0 Å². The Hall–Kier alpha value is -1.28. The summed E-state index contributed by atoms with van der Waals surface area (Å²) < 4.78 is 13.2. The summed E-state index contributed by atoms with van der Waals surface area (Å²) in [7, 11) is -1.32. The molecule has 0 saturated carbocycles. The number of nitrogens with zero attached hydrogens (tertiary/aromatic N) is 4. The molecule has 0 aliphatic carbocycles. The second kappa shape index (κ2) is 6.23. The number of anilines is 1. The van der Waals surface area contributed by atoms with Crippen LogP contribution in [0.3, 0.4) is 0 Å². The van der Waals surface area contributed by atoms with Gasteiger partial charge in [0.05, 0.1) is 19.0 Å². The first-order chi connectivity index (χ1) is 10.2. The zero-order chi connectivity index (χ0) is 14.8. The van der Waals surface area contributed by atoms with Gasteiger partial charge in [-0.1, -0.05) is 6.82 Å². The topological polar surface area (TPSA) is 108 Å². The van der Waals surface area contributed by atoms with Crippen LogP contribution in [0, 0.1) is 0 Å². The molecular weight excluding hydrogens is 292 g/mol. The standard InChI is InChI=1S/C11H17BN5O3P/c1-12-21(18)19-4-7-2-3-8(20-7)17-6-16-9-10(13)14-5-15-11(9)17/h5-8,12,18H,2-4H2,1H3,(H2,13,14,15). The lowest BCUT2D eigenvalue weighted by Crippen LogP contribution is -2.16. The highest BCUT2D eigenvalue weighted by Gasteiger charge is 2.28. The predicted octanol–water partition coefficient (Wildman–Crippen LogP) is 0.806. The maximum atomic E-state index is 9.48. The molecule has 3 heterocycles. The lowest BCUT2D eigenvalue weighted by molar-refractivity contribution is -0.0151. The van der Waals surface area contributed by atoms with E-state index in [-0.39, 0.29) is 12.3 Å². The molecule has 3 rings (SSSR count). The molecule has 0 amide bonds. The summed E-state index contributed by atoms with van der Waals surface area (Å²) in [5, 5.41) is 0. The number of ether oxygens (including phenoxy) is 1. The van der Waals surface area contributed by atoms with Gasteiger partial charge in [0.1, 0.15) is 26.3 Å². The quantitative estimate of drug-likeness (QED) is 0.621. The number of nitrogen functional groups attached to an aromatic ring is 1. The molecule has 1 aliphatic heterocycles. The summed E-state index contributed by atoms with van der Waals surface area (Å²) in [4.78, 5) is 21.9. The van der Waals surface area contributed by atoms with Gasteiger partial charge >= 0.3 is 0 Å². The maximum absolute atomic E-state index is 9.48. The fraction of sp³-hybridized carbons (Fsp3) is 0.545. The summed E-state index contributed by atoms with van der Waals surface area (Å²) in [5.41, 5.74) is 7.04. The normalized spacial score (nSPS) is 23.5. The maximum Gasteiger partial charge on any atom is 0.219 e. The van der Waals surface area contributed by atoms with Crippen LogP contribution in [0.15, 0.2) is 12.7 Å². The smallest absolute Gasteiger partial charge is 0.219 e. The number of hydrogen-bond donors (Lipinski definition) is 2. The van der Waals surface area contributed by atoms with Gasteiger partial charge in [0, 0.05) is 0 Å². The molecule has 112 valence electrons. The van der Waals surface area contributed by atoms with Crippen molar-refractivity contribution < 1.29 is 14.2 Å². The summed E-state index contributed by atoms with van der Waals surface area (Å²) in [6, 6.07) is 0. The third-order valence-electron chi connectivity index (χ3n) is 3.46. The highest BCUT2D eigenvalue weighted by atomic mass is 31.2. The van der Waals surface area contributed by atoms with Gasteiger partial charge in [-0.05, 0) is 12.8 Å². The van der Waals surface area contributed by atoms with Crippen molar-refractivity contribution in [1.82, 2.24) is 19.5 Å². The van der Waals surface area contributed by atoms with Crippen molar-refractivity contribution in [3.8, 4) is 0 Å². The van der Waals surface area contributed by atoms with E-state index in [9.17, 15) is 4.89 Å². The Balaban J connectivity index is 1.69. The van der Waals surface area contributed by atoms with Crippen molar-refractivity contribution >= 4 is 32.2 Å². The van der Waals surface area contributed by atoms with Crippen molar-refractivity contribution in [2.45, 2.75) is 32.0 Å². The molecular formula is C11H17BN5O3P. The predicted molar refractivity (Wildman–Crippen MR) is 81.0 cm³/mol. The average Bonchev–Trinajstić information content (AvgIpc) is 3.11. The van der Waals surface area contributed by atoms with Gasteiger partial charge in [-0.3, -0.25) is 4.57 Å². The largest absolute Gasteiger partial charge is 0.382 e. The number of aromatic nitrogens is 4. The first-order valence-electron chi connectivity index (χ1n) is 6.86. The fourth-order valence-corrected chi connectivity index (χ4v) is 2.88. The van der Waals surface area contributed by atoms with E-state index in [2.05, 4.69) is 15.0 Å². The molecule has 1 saturated heterocycles. The minimum absolute atomic E-state index is 0.0182. The molecule has 3 N–H and O–H groups in total. The van der Waals surface area contributed by atoms with E-state index in [1.807, 2.05) is 11.4 Å². The van der Waals surface area contributed by atoms with E-state index in [0.717, 1.165) is 12.8 Å². The van der Waals surface area contributed by atoms with Crippen molar-refractivity contribution in [3.05, 3.63) is 12.7 Å². The molecule has 2 aromatic rings. The zero-order valence-corrected chi connectivity index (χ0v) is 12.6. The van der Waals surface area contributed by atoms with Crippen LogP contribution in [0.1, 0.15) is 19.1 Å². The van der Waals surface area contributed by atoms with Crippen molar-refractivity contribution in [2.75, 3.05) is 12.3 Å². The Kier molecular flexibility index (Phi) is 4.35. The second-order valence-corrected chi connectivity index (χ2v) is 6.43. The highest BCUT2D eigenvalue weighted by Crippen LogP contribution is 2.34. The number of nitrogens with two attached hydrogens (primary N) is 1. The number of imidazole rings is 1. The third kappa shape index (κ3) is 3.01. The minimum Gasteiger partial charge on any atom is -0.382 e. The van der Waals surface area contributed by atoms with Gasteiger partial charge in [-0.15, -0.1) is 0 Å².